The summed E-state index contributed by atoms with van der Waals surface area (Å²) in [4.78, 5) is 27.1. The maximum Gasteiger partial charge on any atom is 0.242 e. The Morgan fingerprint density at radius 3 is 2.32 bits per heavy atom. The normalized spacial score (nSPS) is 11.6. The summed E-state index contributed by atoms with van der Waals surface area (Å²) in [6.07, 6.45) is 1.53. The van der Waals surface area contributed by atoms with E-state index in [1.807, 2.05) is 6.92 Å². The molecule has 0 spiro atoms. The second kappa shape index (κ2) is 12.8. The molecule has 168 valence electrons. The average molecular weight is 486 g/mol. The lowest BCUT2D eigenvalue weighted by Gasteiger charge is -2.29. The van der Waals surface area contributed by atoms with Gasteiger partial charge in [0.15, 0.2) is 0 Å². The summed E-state index contributed by atoms with van der Waals surface area (Å²) in [5, 5.41) is 4.38. The van der Waals surface area contributed by atoms with Crippen LogP contribution in [-0.2, 0) is 16.1 Å². The summed E-state index contributed by atoms with van der Waals surface area (Å²) in [6.45, 7) is 4.74. The molecular formula is C23H27Cl3N2O3. The number of hydrogen-bond acceptors (Lipinski definition) is 3. The van der Waals surface area contributed by atoms with Crippen LogP contribution >= 0.6 is 34.8 Å². The number of ether oxygens (including phenoxy) is 1. The third-order valence-corrected chi connectivity index (χ3v) is 5.68. The maximum atomic E-state index is 13.0. The lowest BCUT2D eigenvalue weighted by atomic mass is 10.1. The van der Waals surface area contributed by atoms with Gasteiger partial charge >= 0.3 is 0 Å². The lowest BCUT2D eigenvalue weighted by Crippen LogP contribution is -2.47. The zero-order chi connectivity index (χ0) is 22.8. The minimum Gasteiger partial charge on any atom is -0.494 e. The van der Waals surface area contributed by atoms with Gasteiger partial charge in [-0.15, -0.1) is 0 Å². The van der Waals surface area contributed by atoms with Gasteiger partial charge < -0.3 is 15.0 Å². The molecule has 1 N–H and O–H groups in total. The van der Waals surface area contributed by atoms with Crippen LogP contribution in [0.25, 0.3) is 0 Å². The van der Waals surface area contributed by atoms with Crippen LogP contribution in [0.15, 0.2) is 42.5 Å². The van der Waals surface area contributed by atoms with Crippen molar-refractivity contribution in [3.63, 3.8) is 0 Å². The molecule has 0 saturated heterocycles. The summed E-state index contributed by atoms with van der Waals surface area (Å²) >= 11 is 18.5. The fourth-order valence-corrected chi connectivity index (χ4v) is 3.56. The second-order valence-electron chi connectivity index (χ2n) is 7.09. The first-order valence-corrected chi connectivity index (χ1v) is 11.3. The van der Waals surface area contributed by atoms with Crippen LogP contribution in [0.1, 0.15) is 38.7 Å². The Bertz CT molecular complexity index is 855. The highest BCUT2D eigenvalue weighted by Gasteiger charge is 2.27. The van der Waals surface area contributed by atoms with E-state index in [-0.39, 0.29) is 24.8 Å². The fourth-order valence-electron chi connectivity index (χ4n) is 2.92. The summed E-state index contributed by atoms with van der Waals surface area (Å²) in [6, 6.07) is 11.5. The molecule has 0 aliphatic heterocycles. The molecule has 0 saturated carbocycles. The molecular weight excluding hydrogens is 459 g/mol. The van der Waals surface area contributed by atoms with Gasteiger partial charge in [0.1, 0.15) is 11.8 Å². The highest BCUT2D eigenvalue weighted by molar-refractivity contribution is 6.36. The molecule has 5 nitrogen and oxygen atoms in total. The Morgan fingerprint density at radius 2 is 1.71 bits per heavy atom. The maximum absolute atomic E-state index is 13.0. The zero-order valence-electron chi connectivity index (χ0n) is 17.7. The van der Waals surface area contributed by atoms with Gasteiger partial charge in [0.25, 0.3) is 0 Å². The van der Waals surface area contributed by atoms with Gasteiger partial charge in [0.05, 0.1) is 6.61 Å². The van der Waals surface area contributed by atoms with Crippen molar-refractivity contribution in [2.45, 2.75) is 45.7 Å². The van der Waals surface area contributed by atoms with Crippen molar-refractivity contribution in [2.24, 2.45) is 0 Å². The fraction of sp³-hybridized carbons (Fsp3) is 0.391. The third kappa shape index (κ3) is 7.91. The number of amides is 2. The van der Waals surface area contributed by atoms with Gasteiger partial charge in [-0.05, 0) is 56.2 Å². The van der Waals surface area contributed by atoms with E-state index >= 15 is 0 Å². The summed E-state index contributed by atoms with van der Waals surface area (Å²) in [5.41, 5.74) is 0.617. The van der Waals surface area contributed by atoms with Crippen LogP contribution in [0.2, 0.25) is 15.1 Å². The van der Waals surface area contributed by atoms with E-state index < -0.39 is 6.04 Å². The second-order valence-corrected chi connectivity index (χ2v) is 8.35. The van der Waals surface area contributed by atoms with Crippen molar-refractivity contribution in [3.8, 4) is 5.75 Å². The SMILES string of the molecule is CCCNC(=O)C(C)N(Cc1c(Cl)cccc1Cl)C(=O)CCCOc1ccc(Cl)cc1. The summed E-state index contributed by atoms with van der Waals surface area (Å²) in [7, 11) is 0. The molecule has 1 unspecified atom stereocenters. The molecule has 0 radical (unpaired) electrons. The van der Waals surface area contributed by atoms with Crippen LogP contribution < -0.4 is 10.1 Å². The molecule has 2 aromatic rings. The van der Waals surface area contributed by atoms with Gasteiger partial charge in [-0.25, -0.2) is 0 Å². The molecule has 0 aromatic heterocycles. The van der Waals surface area contributed by atoms with Gasteiger partial charge in [-0.3, -0.25) is 9.59 Å². The molecule has 31 heavy (non-hydrogen) atoms. The van der Waals surface area contributed by atoms with Crippen molar-refractivity contribution in [1.29, 1.82) is 0 Å². The zero-order valence-corrected chi connectivity index (χ0v) is 19.9. The molecule has 0 aliphatic carbocycles. The van der Waals surface area contributed by atoms with Crippen LogP contribution in [0.4, 0.5) is 0 Å². The molecule has 2 aromatic carbocycles. The molecule has 1 atom stereocenters. The van der Waals surface area contributed by atoms with E-state index in [1.54, 1.807) is 49.4 Å². The third-order valence-electron chi connectivity index (χ3n) is 4.72. The van der Waals surface area contributed by atoms with Crippen LogP contribution in [0.5, 0.6) is 5.75 Å². The van der Waals surface area contributed by atoms with E-state index in [4.69, 9.17) is 39.5 Å². The minimum atomic E-state index is -0.663. The summed E-state index contributed by atoms with van der Waals surface area (Å²) < 4.78 is 5.66. The molecule has 0 heterocycles. The number of nitrogens with zero attached hydrogens (tertiary/aromatic N) is 1. The first-order valence-electron chi connectivity index (χ1n) is 10.2. The number of nitrogens with one attached hydrogen (secondary N) is 1. The lowest BCUT2D eigenvalue weighted by molar-refractivity contribution is -0.140. The number of carbonyl (C=O) groups is 2. The molecule has 0 aliphatic rings. The Labute approximate surface area is 198 Å². The van der Waals surface area contributed by atoms with Gasteiger partial charge in [0.2, 0.25) is 11.8 Å². The predicted octanol–water partition coefficient (Wildman–Crippen LogP) is 5.75. The van der Waals surface area contributed by atoms with E-state index in [0.717, 1.165) is 6.42 Å². The molecule has 2 amide bonds. The minimum absolute atomic E-state index is 0.149. The van der Waals surface area contributed by atoms with Crippen molar-refractivity contribution in [2.75, 3.05) is 13.2 Å². The standard InChI is InChI=1S/C23H27Cl3N2O3/c1-3-13-27-23(30)16(2)28(15-19-20(25)6-4-7-21(19)26)22(29)8-5-14-31-18-11-9-17(24)10-12-18/h4,6-7,9-12,16H,3,5,8,13-15H2,1-2H3,(H,27,30). The molecule has 0 fully saturated rings. The number of benzene rings is 2. The highest BCUT2D eigenvalue weighted by Crippen LogP contribution is 2.27. The Balaban J connectivity index is 2.04. The Morgan fingerprint density at radius 1 is 1.06 bits per heavy atom. The first kappa shape index (κ1) is 25.3. The predicted molar refractivity (Wildman–Crippen MR) is 126 cm³/mol. The van der Waals surface area contributed by atoms with Crippen molar-refractivity contribution in [1.82, 2.24) is 10.2 Å². The van der Waals surface area contributed by atoms with E-state index in [0.29, 0.717) is 46.0 Å². The van der Waals surface area contributed by atoms with Crippen molar-refractivity contribution in [3.05, 3.63) is 63.1 Å². The van der Waals surface area contributed by atoms with Crippen molar-refractivity contribution >= 4 is 46.6 Å². The number of rotatable bonds is 11. The number of halogens is 3. The van der Waals surface area contributed by atoms with E-state index in [9.17, 15) is 9.59 Å². The first-order chi connectivity index (χ1) is 14.8. The largest absolute Gasteiger partial charge is 0.494 e. The smallest absolute Gasteiger partial charge is 0.242 e. The van der Waals surface area contributed by atoms with Crippen LogP contribution in [0, 0.1) is 0 Å². The Hall–Kier alpha value is -1.95. The summed E-state index contributed by atoms with van der Waals surface area (Å²) in [5.74, 6) is 0.300. The number of carbonyl (C=O) groups excluding carboxylic acids is 2. The van der Waals surface area contributed by atoms with Gasteiger partial charge in [-0.2, -0.15) is 0 Å². The van der Waals surface area contributed by atoms with Crippen LogP contribution in [0.3, 0.4) is 0 Å². The molecule has 8 heteroatoms. The van der Waals surface area contributed by atoms with Gasteiger partial charge in [0, 0.05) is 40.1 Å². The van der Waals surface area contributed by atoms with E-state index in [1.165, 1.54) is 4.90 Å². The highest BCUT2D eigenvalue weighted by atomic mass is 35.5. The van der Waals surface area contributed by atoms with Gasteiger partial charge in [-0.1, -0.05) is 47.8 Å². The van der Waals surface area contributed by atoms with Crippen molar-refractivity contribution < 1.29 is 14.3 Å². The quantitative estimate of drug-likeness (QED) is 0.412. The monoisotopic (exact) mass is 484 g/mol. The van der Waals surface area contributed by atoms with E-state index in [2.05, 4.69) is 5.32 Å². The topological polar surface area (TPSA) is 58.6 Å². The average Bonchev–Trinajstić information content (AvgIpc) is 2.75. The Kier molecular flexibility index (Phi) is 10.4. The molecule has 0 bridgehead atoms. The number of hydrogen-bond donors (Lipinski definition) is 1. The molecule has 2 rings (SSSR count). The van der Waals surface area contributed by atoms with Crippen LogP contribution in [-0.4, -0.2) is 35.9 Å².